The lowest BCUT2D eigenvalue weighted by molar-refractivity contribution is -0.120. The van der Waals surface area contributed by atoms with Gasteiger partial charge in [-0.3, -0.25) is 4.79 Å². The Balaban J connectivity index is 1.50. The van der Waals surface area contributed by atoms with Crippen LogP contribution >= 0.6 is 0 Å². The fourth-order valence-corrected chi connectivity index (χ4v) is 4.64. The largest absolute Gasteiger partial charge is 0.352 e. The van der Waals surface area contributed by atoms with Crippen LogP contribution in [0.2, 0.25) is 0 Å². The van der Waals surface area contributed by atoms with Gasteiger partial charge in [0.25, 0.3) is 0 Å². The number of benzene rings is 3. The number of rotatable bonds is 5. The average molecular weight is 437 g/mol. The van der Waals surface area contributed by atoms with Crippen molar-refractivity contribution in [2.24, 2.45) is 7.05 Å². The molecule has 3 nitrogen and oxygen atoms in total. The van der Waals surface area contributed by atoms with E-state index < -0.39 is 0 Å². The zero-order valence-corrected chi connectivity index (χ0v) is 18.7. The number of nitrogens with one attached hydrogen (secondary N) is 1. The van der Waals surface area contributed by atoms with Crippen molar-refractivity contribution in [3.63, 3.8) is 0 Å². The number of carbonyl (C=O) groups is 1. The first kappa shape index (κ1) is 21.0. The number of aryl methyl sites for hydroxylation is 1. The molecule has 0 aliphatic heterocycles. The van der Waals surface area contributed by atoms with E-state index in [1.807, 2.05) is 62.5 Å². The molecule has 1 aromatic heterocycles. The zero-order valence-electron chi connectivity index (χ0n) is 18.7. The maximum Gasteiger partial charge on any atom is 0.224 e. The lowest BCUT2D eigenvalue weighted by Crippen LogP contribution is -2.22. The second-order valence-corrected chi connectivity index (χ2v) is 8.50. The summed E-state index contributed by atoms with van der Waals surface area (Å²) in [6, 6.07) is 22.9. The van der Waals surface area contributed by atoms with Gasteiger partial charge in [0.2, 0.25) is 5.91 Å². The van der Waals surface area contributed by atoms with Gasteiger partial charge in [0.15, 0.2) is 0 Å². The summed E-state index contributed by atoms with van der Waals surface area (Å²) in [6.07, 6.45) is 4.48. The van der Waals surface area contributed by atoms with E-state index in [1.165, 1.54) is 6.07 Å². The fraction of sp³-hybridized carbons (Fsp3) is 0.138. The predicted octanol–water partition coefficient (Wildman–Crippen LogP) is 6.35. The van der Waals surface area contributed by atoms with Crippen molar-refractivity contribution in [1.82, 2.24) is 9.88 Å². The van der Waals surface area contributed by atoms with E-state index in [2.05, 4.69) is 34.3 Å². The molecular weight excluding hydrogens is 411 g/mol. The summed E-state index contributed by atoms with van der Waals surface area (Å²) in [6.45, 7) is 2.50. The average Bonchev–Trinajstić information content (AvgIpc) is 3.27. The van der Waals surface area contributed by atoms with Gasteiger partial charge in [0, 0.05) is 36.3 Å². The smallest absolute Gasteiger partial charge is 0.224 e. The number of aromatic nitrogens is 1. The zero-order chi connectivity index (χ0) is 22.9. The Bertz CT molecular complexity index is 1430. The van der Waals surface area contributed by atoms with Crippen molar-refractivity contribution in [2.75, 3.05) is 0 Å². The standard InChI is InChI=1S/C29H25FN2O/c1-19-25(14-21-18-32(2)28-11-7-6-10-23(21)28)24-13-12-22(30)15-27(24)26(19)16-29(33)31-17-20-8-4-3-5-9-20/h3-15,18H,16-17H2,1-2H3,(H,31,33)/b25-14-. The molecule has 3 aromatic carbocycles. The first-order valence-electron chi connectivity index (χ1n) is 11.1. The lowest BCUT2D eigenvalue weighted by Gasteiger charge is -2.08. The van der Waals surface area contributed by atoms with E-state index in [0.717, 1.165) is 49.9 Å². The van der Waals surface area contributed by atoms with Crippen LogP contribution in [0.5, 0.6) is 0 Å². The van der Waals surface area contributed by atoms with Crippen LogP contribution < -0.4 is 5.32 Å². The molecule has 0 unspecified atom stereocenters. The number of carbonyl (C=O) groups excluding carboxylic acids is 1. The van der Waals surface area contributed by atoms with Crippen molar-refractivity contribution in [3.8, 4) is 0 Å². The van der Waals surface area contributed by atoms with E-state index in [4.69, 9.17) is 0 Å². The predicted molar refractivity (Wildman–Crippen MR) is 133 cm³/mol. The highest BCUT2D eigenvalue weighted by molar-refractivity contribution is 6.09. The van der Waals surface area contributed by atoms with Crippen molar-refractivity contribution in [1.29, 1.82) is 0 Å². The Morgan fingerprint density at radius 1 is 1.00 bits per heavy atom. The number of allylic oxidation sites excluding steroid dienone is 2. The van der Waals surface area contributed by atoms with Gasteiger partial charge in [-0.25, -0.2) is 4.39 Å². The molecule has 0 saturated heterocycles. The van der Waals surface area contributed by atoms with Gasteiger partial charge < -0.3 is 9.88 Å². The van der Waals surface area contributed by atoms with Crippen LogP contribution in [0.15, 0.2) is 84.6 Å². The number of para-hydroxylation sites is 1. The molecule has 4 heteroatoms. The lowest BCUT2D eigenvalue weighted by atomic mass is 10.0. The highest BCUT2D eigenvalue weighted by Gasteiger charge is 2.26. The molecule has 0 radical (unpaired) electrons. The number of halogens is 1. The molecule has 1 aliphatic rings. The van der Waals surface area contributed by atoms with Crippen LogP contribution in [0, 0.1) is 5.82 Å². The molecule has 1 aliphatic carbocycles. The molecule has 0 saturated carbocycles. The summed E-state index contributed by atoms with van der Waals surface area (Å²) in [7, 11) is 2.04. The van der Waals surface area contributed by atoms with Gasteiger partial charge in [-0.15, -0.1) is 0 Å². The van der Waals surface area contributed by atoms with E-state index in [0.29, 0.717) is 6.54 Å². The van der Waals surface area contributed by atoms with Crippen LogP contribution in [-0.4, -0.2) is 10.5 Å². The minimum atomic E-state index is -0.296. The number of nitrogens with zero attached hydrogens (tertiary/aromatic N) is 1. The Labute approximate surface area is 192 Å². The maximum absolute atomic E-state index is 14.2. The molecule has 4 aromatic rings. The first-order valence-corrected chi connectivity index (χ1v) is 11.1. The van der Waals surface area contributed by atoms with Crippen molar-refractivity contribution < 1.29 is 9.18 Å². The third kappa shape index (κ3) is 4.00. The Morgan fingerprint density at radius 3 is 2.58 bits per heavy atom. The normalized spacial score (nSPS) is 14.2. The van der Waals surface area contributed by atoms with Crippen LogP contribution in [0.4, 0.5) is 4.39 Å². The van der Waals surface area contributed by atoms with E-state index in [1.54, 1.807) is 6.07 Å². The van der Waals surface area contributed by atoms with E-state index in [9.17, 15) is 9.18 Å². The molecule has 164 valence electrons. The summed E-state index contributed by atoms with van der Waals surface area (Å²) in [5, 5.41) is 4.16. The number of hydrogen-bond donors (Lipinski definition) is 1. The number of fused-ring (bicyclic) bond motifs is 2. The van der Waals surface area contributed by atoms with Gasteiger partial charge in [-0.05, 0) is 64.6 Å². The molecule has 5 rings (SSSR count). The highest BCUT2D eigenvalue weighted by Crippen LogP contribution is 2.44. The fourth-order valence-electron chi connectivity index (χ4n) is 4.64. The van der Waals surface area contributed by atoms with E-state index in [-0.39, 0.29) is 18.1 Å². The topological polar surface area (TPSA) is 34.0 Å². The van der Waals surface area contributed by atoms with Gasteiger partial charge in [-0.1, -0.05) is 54.6 Å². The monoisotopic (exact) mass is 436 g/mol. The van der Waals surface area contributed by atoms with Gasteiger partial charge in [-0.2, -0.15) is 0 Å². The molecule has 1 heterocycles. The summed E-state index contributed by atoms with van der Waals surface area (Å²) >= 11 is 0. The van der Waals surface area contributed by atoms with Gasteiger partial charge in [0.05, 0.1) is 6.42 Å². The first-order chi connectivity index (χ1) is 16.0. The van der Waals surface area contributed by atoms with Crippen molar-refractivity contribution >= 4 is 34.0 Å². The molecule has 0 bridgehead atoms. The Hall–Kier alpha value is -3.92. The van der Waals surface area contributed by atoms with Crippen LogP contribution in [0.1, 0.15) is 35.6 Å². The van der Waals surface area contributed by atoms with Crippen molar-refractivity contribution in [2.45, 2.75) is 19.9 Å². The molecule has 0 fully saturated rings. The minimum absolute atomic E-state index is 0.0742. The summed E-state index contributed by atoms with van der Waals surface area (Å²) < 4.78 is 16.3. The summed E-state index contributed by atoms with van der Waals surface area (Å²) in [5.41, 5.74) is 8.00. The van der Waals surface area contributed by atoms with Crippen molar-refractivity contribution in [3.05, 3.63) is 113 Å². The quantitative estimate of drug-likeness (QED) is 0.389. The molecule has 1 amide bonds. The Morgan fingerprint density at radius 2 is 1.76 bits per heavy atom. The van der Waals surface area contributed by atoms with Crippen LogP contribution in [0.25, 0.3) is 28.1 Å². The molecule has 0 spiro atoms. The second kappa shape index (κ2) is 8.55. The van der Waals surface area contributed by atoms with Gasteiger partial charge in [0.1, 0.15) is 5.82 Å². The van der Waals surface area contributed by atoms with Crippen LogP contribution in [-0.2, 0) is 18.4 Å². The number of hydrogen-bond acceptors (Lipinski definition) is 1. The SMILES string of the molecule is CC1=C(CC(=O)NCc2ccccc2)c2cc(F)ccc2/C1=C\c1cn(C)c2ccccc12. The van der Waals surface area contributed by atoms with Gasteiger partial charge >= 0.3 is 0 Å². The third-order valence-electron chi connectivity index (χ3n) is 6.35. The van der Waals surface area contributed by atoms with Crippen LogP contribution in [0.3, 0.4) is 0 Å². The summed E-state index contributed by atoms with van der Waals surface area (Å²) in [5.74, 6) is -0.370. The summed E-state index contributed by atoms with van der Waals surface area (Å²) in [4.78, 5) is 12.8. The molecule has 0 atom stereocenters. The van der Waals surface area contributed by atoms with E-state index >= 15 is 0 Å². The highest BCUT2D eigenvalue weighted by atomic mass is 19.1. The molecule has 33 heavy (non-hydrogen) atoms. The number of amides is 1. The molecule has 1 N–H and O–H groups in total. The third-order valence-corrected chi connectivity index (χ3v) is 6.35. The molecular formula is C29H25FN2O. The Kier molecular flexibility index (Phi) is 5.43. The minimum Gasteiger partial charge on any atom is -0.352 e. The second-order valence-electron chi connectivity index (χ2n) is 8.50. The maximum atomic E-state index is 14.2.